The van der Waals surface area contributed by atoms with Crippen LogP contribution < -0.4 is 16.8 Å². The third-order valence-corrected chi connectivity index (χ3v) is 2.34. The predicted molar refractivity (Wildman–Crippen MR) is 63.7 cm³/mol. The van der Waals surface area contributed by atoms with Crippen molar-refractivity contribution in [2.45, 2.75) is 13.0 Å². The smallest absolute Gasteiger partial charge is 0.149 e. The summed E-state index contributed by atoms with van der Waals surface area (Å²) in [6.07, 6.45) is 3.59. The number of aromatic nitrogens is 3. The van der Waals surface area contributed by atoms with Gasteiger partial charge in [0, 0.05) is 11.8 Å². The average Bonchev–Trinajstić information content (AvgIpc) is 2.77. The van der Waals surface area contributed by atoms with E-state index in [0.717, 1.165) is 5.56 Å². The van der Waals surface area contributed by atoms with E-state index in [1.807, 2.05) is 13.1 Å². The minimum absolute atomic E-state index is 0.106. The largest absolute Gasteiger partial charge is 0.396 e. The number of pyridine rings is 1. The van der Waals surface area contributed by atoms with Crippen LogP contribution in [0, 0.1) is 0 Å². The van der Waals surface area contributed by atoms with Crippen LogP contribution in [-0.4, -0.2) is 15.2 Å². The Morgan fingerprint density at radius 3 is 2.81 bits per heavy atom. The first-order valence-electron chi connectivity index (χ1n) is 4.94. The highest BCUT2D eigenvalue weighted by Gasteiger charge is 2.07. The number of nitrogens with zero attached hydrogens (tertiary/aromatic N) is 2. The second-order valence-corrected chi connectivity index (χ2v) is 3.57. The molecule has 1 unspecified atom stereocenters. The molecule has 2 rings (SSSR count). The number of nitrogens with two attached hydrogens (primary N) is 2. The molecule has 0 spiro atoms. The molecule has 0 fully saturated rings. The van der Waals surface area contributed by atoms with Crippen molar-refractivity contribution in [2.75, 3.05) is 16.8 Å². The minimum Gasteiger partial charge on any atom is -0.396 e. The molecule has 6 N–H and O–H groups in total. The Morgan fingerprint density at radius 1 is 1.38 bits per heavy atom. The second kappa shape index (κ2) is 4.09. The number of nitrogen functional groups attached to an aromatic ring is 2. The number of hydrogen-bond acceptors (Lipinski definition) is 5. The van der Waals surface area contributed by atoms with Crippen LogP contribution in [0.1, 0.15) is 18.5 Å². The molecule has 2 aromatic heterocycles. The van der Waals surface area contributed by atoms with Crippen LogP contribution in [-0.2, 0) is 0 Å². The summed E-state index contributed by atoms with van der Waals surface area (Å²) in [7, 11) is 0. The highest BCUT2D eigenvalue weighted by molar-refractivity contribution is 5.61. The summed E-state index contributed by atoms with van der Waals surface area (Å²) in [4.78, 5) is 4.13. The Kier molecular flexibility index (Phi) is 2.63. The van der Waals surface area contributed by atoms with E-state index in [1.165, 1.54) is 0 Å². The van der Waals surface area contributed by atoms with Gasteiger partial charge in [0.2, 0.25) is 0 Å². The molecule has 2 aromatic rings. The molecule has 6 heteroatoms. The summed E-state index contributed by atoms with van der Waals surface area (Å²) in [5, 5.41) is 9.85. The number of rotatable bonds is 3. The summed E-state index contributed by atoms with van der Waals surface area (Å²) in [6.45, 7) is 2.01. The molecule has 0 aliphatic rings. The summed E-state index contributed by atoms with van der Waals surface area (Å²) in [6, 6.07) is 3.63. The number of anilines is 3. The van der Waals surface area contributed by atoms with E-state index in [0.29, 0.717) is 17.3 Å². The Morgan fingerprint density at radius 2 is 2.19 bits per heavy atom. The van der Waals surface area contributed by atoms with E-state index in [-0.39, 0.29) is 6.04 Å². The first-order valence-corrected chi connectivity index (χ1v) is 4.94. The maximum Gasteiger partial charge on any atom is 0.149 e. The van der Waals surface area contributed by atoms with E-state index in [2.05, 4.69) is 20.5 Å². The van der Waals surface area contributed by atoms with Crippen molar-refractivity contribution < 1.29 is 0 Å². The summed E-state index contributed by atoms with van der Waals surface area (Å²) >= 11 is 0. The van der Waals surface area contributed by atoms with Crippen LogP contribution in [0.25, 0.3) is 0 Å². The summed E-state index contributed by atoms with van der Waals surface area (Å²) < 4.78 is 0. The van der Waals surface area contributed by atoms with Crippen molar-refractivity contribution in [1.82, 2.24) is 15.2 Å². The molecule has 16 heavy (non-hydrogen) atoms. The Bertz CT molecular complexity index is 464. The Hall–Kier alpha value is -2.24. The molecule has 0 aromatic carbocycles. The first-order chi connectivity index (χ1) is 7.66. The average molecular weight is 218 g/mol. The van der Waals surface area contributed by atoms with Gasteiger partial charge in [0.15, 0.2) is 0 Å². The number of nitrogens with one attached hydrogen (secondary N) is 2. The van der Waals surface area contributed by atoms with Crippen molar-refractivity contribution in [3.8, 4) is 0 Å². The van der Waals surface area contributed by atoms with Crippen LogP contribution in [0.2, 0.25) is 0 Å². The highest BCUT2D eigenvalue weighted by Crippen LogP contribution is 2.19. The molecule has 6 nitrogen and oxygen atoms in total. The normalized spacial score (nSPS) is 12.3. The van der Waals surface area contributed by atoms with Crippen LogP contribution in [0.5, 0.6) is 0 Å². The van der Waals surface area contributed by atoms with Gasteiger partial charge in [0.25, 0.3) is 0 Å². The first kappa shape index (κ1) is 10.3. The maximum absolute atomic E-state index is 5.62. The lowest BCUT2D eigenvalue weighted by molar-refractivity contribution is 0.876. The van der Waals surface area contributed by atoms with Crippen LogP contribution in [0.4, 0.5) is 17.3 Å². The van der Waals surface area contributed by atoms with Crippen LogP contribution >= 0.6 is 0 Å². The lowest BCUT2D eigenvalue weighted by Gasteiger charge is -2.13. The molecule has 0 amide bonds. The molecule has 0 aliphatic carbocycles. The van der Waals surface area contributed by atoms with Gasteiger partial charge in [-0.25, -0.2) is 4.98 Å². The van der Waals surface area contributed by atoms with E-state index >= 15 is 0 Å². The molecule has 2 heterocycles. The molecular weight excluding hydrogens is 204 g/mol. The third-order valence-electron chi connectivity index (χ3n) is 2.34. The Balaban J connectivity index is 2.12. The van der Waals surface area contributed by atoms with Gasteiger partial charge in [0.05, 0.1) is 17.9 Å². The fourth-order valence-electron chi connectivity index (χ4n) is 1.37. The molecule has 84 valence electrons. The quantitative estimate of drug-likeness (QED) is 0.618. The molecule has 1 atom stereocenters. The number of hydrogen-bond donors (Lipinski definition) is 4. The van der Waals surface area contributed by atoms with Gasteiger partial charge in [-0.15, -0.1) is 0 Å². The predicted octanol–water partition coefficient (Wildman–Crippen LogP) is 1.14. The third kappa shape index (κ3) is 2.05. The Labute approximate surface area is 93.1 Å². The van der Waals surface area contributed by atoms with Gasteiger partial charge >= 0.3 is 0 Å². The second-order valence-electron chi connectivity index (χ2n) is 3.57. The SMILES string of the molecule is CC(Nc1ccc(N)c(N)n1)c1cn[nH]c1. The zero-order valence-corrected chi connectivity index (χ0v) is 8.94. The molecule has 0 radical (unpaired) electrons. The van der Waals surface area contributed by atoms with Gasteiger partial charge in [0.1, 0.15) is 11.6 Å². The van der Waals surface area contributed by atoms with E-state index in [1.54, 1.807) is 18.3 Å². The standard InChI is InChI=1S/C10H14N6/c1-6(7-4-13-14-5-7)15-9-3-2-8(11)10(12)16-9/h2-6H,11H2,1H3,(H,13,14)(H3,12,15,16). The van der Waals surface area contributed by atoms with Crippen molar-refractivity contribution in [3.05, 3.63) is 30.1 Å². The van der Waals surface area contributed by atoms with Crippen molar-refractivity contribution in [2.24, 2.45) is 0 Å². The van der Waals surface area contributed by atoms with Gasteiger partial charge in [-0.05, 0) is 19.1 Å². The topological polar surface area (TPSA) is 106 Å². The lowest BCUT2D eigenvalue weighted by atomic mass is 10.2. The van der Waals surface area contributed by atoms with Crippen molar-refractivity contribution in [3.63, 3.8) is 0 Å². The van der Waals surface area contributed by atoms with Crippen molar-refractivity contribution >= 4 is 17.3 Å². The summed E-state index contributed by atoms with van der Waals surface area (Å²) in [5.74, 6) is 1.03. The molecule has 0 aliphatic heterocycles. The fraction of sp³-hybridized carbons (Fsp3) is 0.200. The monoisotopic (exact) mass is 218 g/mol. The lowest BCUT2D eigenvalue weighted by Crippen LogP contribution is -2.08. The maximum atomic E-state index is 5.62. The van der Waals surface area contributed by atoms with Crippen LogP contribution in [0.3, 0.4) is 0 Å². The van der Waals surface area contributed by atoms with Gasteiger partial charge in [-0.1, -0.05) is 0 Å². The number of aromatic amines is 1. The van der Waals surface area contributed by atoms with Crippen molar-refractivity contribution in [1.29, 1.82) is 0 Å². The van der Waals surface area contributed by atoms with Gasteiger partial charge < -0.3 is 16.8 Å². The van der Waals surface area contributed by atoms with Gasteiger partial charge in [-0.2, -0.15) is 5.10 Å². The zero-order valence-electron chi connectivity index (χ0n) is 8.94. The molecule has 0 bridgehead atoms. The van der Waals surface area contributed by atoms with Gasteiger partial charge in [-0.3, -0.25) is 5.10 Å². The molecule has 0 saturated carbocycles. The zero-order chi connectivity index (χ0) is 11.5. The number of H-pyrrole nitrogens is 1. The van der Waals surface area contributed by atoms with E-state index in [4.69, 9.17) is 11.5 Å². The van der Waals surface area contributed by atoms with E-state index < -0.39 is 0 Å². The minimum atomic E-state index is 0.106. The summed E-state index contributed by atoms with van der Waals surface area (Å²) in [5.41, 5.74) is 12.7. The molecule has 0 saturated heterocycles. The highest BCUT2D eigenvalue weighted by atomic mass is 15.1. The van der Waals surface area contributed by atoms with E-state index in [9.17, 15) is 0 Å². The van der Waals surface area contributed by atoms with Crippen LogP contribution in [0.15, 0.2) is 24.5 Å². The fourth-order valence-corrected chi connectivity index (χ4v) is 1.37. The molecular formula is C10H14N6.